The van der Waals surface area contributed by atoms with Gasteiger partial charge in [-0.3, -0.25) is 9.69 Å². The maximum atomic E-state index is 12.3. The number of carbonyl (C=O) groups is 1. The summed E-state index contributed by atoms with van der Waals surface area (Å²) in [5.41, 5.74) is 7.48. The van der Waals surface area contributed by atoms with Crippen LogP contribution in [-0.4, -0.2) is 42.5 Å². The van der Waals surface area contributed by atoms with Crippen LogP contribution in [0.25, 0.3) is 6.08 Å². The molecule has 0 radical (unpaired) electrons. The molecule has 0 heterocycles. The second kappa shape index (κ2) is 15.5. The highest BCUT2D eigenvalue weighted by Crippen LogP contribution is 2.20. The standard InChI is InChI=1S/C32H40N2O2/c1-6-8-32(33-5)31(7-2)26(4)19-20-34(21-22-35)24-29-15-13-27(14-16-29)17-18-30(36)23-28-11-9-25(3)10-12-28/h6-18,33,35H,1,4,19-24H2,2-3,5H3/b18-17+,31-7-,32-8+. The molecule has 2 aromatic carbocycles. The smallest absolute Gasteiger partial charge is 0.160 e. The minimum atomic E-state index is 0.0853. The van der Waals surface area contributed by atoms with Gasteiger partial charge in [0.2, 0.25) is 0 Å². The highest BCUT2D eigenvalue weighted by molar-refractivity contribution is 5.95. The Morgan fingerprint density at radius 1 is 1.06 bits per heavy atom. The van der Waals surface area contributed by atoms with E-state index in [9.17, 15) is 9.90 Å². The molecule has 0 atom stereocenters. The number of likely N-dealkylation sites (N-methyl/N-ethyl adjacent to an activating group) is 1. The third kappa shape index (κ3) is 9.65. The molecule has 0 aromatic heterocycles. The summed E-state index contributed by atoms with van der Waals surface area (Å²) in [6.07, 6.45) is 10.5. The summed E-state index contributed by atoms with van der Waals surface area (Å²) in [7, 11) is 1.89. The number of allylic oxidation sites excluding steroid dienone is 5. The number of nitrogens with one attached hydrogen (secondary N) is 1. The van der Waals surface area contributed by atoms with Crippen LogP contribution in [-0.2, 0) is 17.8 Å². The quantitative estimate of drug-likeness (QED) is 0.248. The molecule has 2 rings (SSSR count). The molecule has 0 fully saturated rings. The van der Waals surface area contributed by atoms with Crippen molar-refractivity contribution in [3.05, 3.63) is 125 Å². The lowest BCUT2D eigenvalue weighted by Crippen LogP contribution is -2.28. The normalized spacial score (nSPS) is 12.2. The Labute approximate surface area is 217 Å². The van der Waals surface area contributed by atoms with Crippen molar-refractivity contribution in [2.75, 3.05) is 26.7 Å². The molecule has 0 saturated heterocycles. The maximum absolute atomic E-state index is 12.3. The lowest BCUT2D eigenvalue weighted by Gasteiger charge is -2.23. The first-order chi connectivity index (χ1) is 17.4. The second-order valence-corrected chi connectivity index (χ2v) is 8.83. The SMILES string of the molecule is C=C/C=C(NC)\C(=C/C)C(=C)CCN(CCO)Cc1ccc(/C=C/C(=O)Cc2ccc(C)cc2)cc1. The number of hydrogen-bond acceptors (Lipinski definition) is 4. The first-order valence-electron chi connectivity index (χ1n) is 12.4. The van der Waals surface area contributed by atoms with Crippen molar-refractivity contribution in [2.45, 2.75) is 33.2 Å². The number of nitrogens with zero attached hydrogens (tertiary/aromatic N) is 1. The van der Waals surface area contributed by atoms with Crippen LogP contribution >= 0.6 is 0 Å². The fraction of sp³-hybridized carbons (Fsp3) is 0.281. The Bertz CT molecular complexity index is 1090. The molecule has 0 aliphatic rings. The van der Waals surface area contributed by atoms with Gasteiger partial charge in [0.1, 0.15) is 0 Å². The summed E-state index contributed by atoms with van der Waals surface area (Å²) in [6, 6.07) is 16.3. The molecule has 0 unspecified atom stereocenters. The first-order valence-corrected chi connectivity index (χ1v) is 12.4. The molecule has 0 aliphatic carbocycles. The van der Waals surface area contributed by atoms with Gasteiger partial charge in [0.05, 0.1) is 6.61 Å². The zero-order valence-electron chi connectivity index (χ0n) is 22.0. The van der Waals surface area contributed by atoms with Gasteiger partial charge in [0.25, 0.3) is 0 Å². The highest BCUT2D eigenvalue weighted by Gasteiger charge is 2.11. The average Bonchev–Trinajstić information content (AvgIpc) is 2.88. The van der Waals surface area contributed by atoms with Crippen molar-refractivity contribution in [1.82, 2.24) is 10.2 Å². The number of hydrogen-bond donors (Lipinski definition) is 2. The molecule has 2 N–H and O–H groups in total. The van der Waals surface area contributed by atoms with Crippen molar-refractivity contribution in [2.24, 2.45) is 0 Å². The van der Waals surface area contributed by atoms with E-state index in [1.165, 1.54) is 5.56 Å². The van der Waals surface area contributed by atoms with Crippen molar-refractivity contribution in [3.8, 4) is 0 Å². The topological polar surface area (TPSA) is 52.6 Å². The molecule has 2 aromatic rings. The summed E-state index contributed by atoms with van der Waals surface area (Å²) in [5, 5.41) is 12.8. The summed E-state index contributed by atoms with van der Waals surface area (Å²) in [4.78, 5) is 14.5. The largest absolute Gasteiger partial charge is 0.395 e. The molecule has 0 amide bonds. The van der Waals surface area contributed by atoms with Crippen molar-refractivity contribution >= 4 is 11.9 Å². The van der Waals surface area contributed by atoms with Crippen LogP contribution in [0.3, 0.4) is 0 Å². The number of aryl methyl sites for hydroxylation is 1. The zero-order chi connectivity index (χ0) is 26.3. The molecule has 0 bridgehead atoms. The second-order valence-electron chi connectivity index (χ2n) is 8.83. The van der Waals surface area contributed by atoms with Crippen molar-refractivity contribution in [3.63, 3.8) is 0 Å². The van der Waals surface area contributed by atoms with E-state index < -0.39 is 0 Å². The third-order valence-corrected chi connectivity index (χ3v) is 6.01. The van der Waals surface area contributed by atoms with Crippen LogP contribution < -0.4 is 5.32 Å². The summed E-state index contributed by atoms with van der Waals surface area (Å²) in [5.74, 6) is 0.0853. The average molecular weight is 485 g/mol. The third-order valence-electron chi connectivity index (χ3n) is 6.01. The van der Waals surface area contributed by atoms with Crippen LogP contribution in [0.4, 0.5) is 0 Å². The van der Waals surface area contributed by atoms with Gasteiger partial charge in [-0.25, -0.2) is 0 Å². The molecule has 36 heavy (non-hydrogen) atoms. The number of aliphatic hydroxyl groups excluding tert-OH is 1. The van der Waals surface area contributed by atoms with Gasteiger partial charge in [-0.2, -0.15) is 0 Å². The van der Waals surface area contributed by atoms with E-state index in [0.29, 0.717) is 13.0 Å². The molecule has 4 nitrogen and oxygen atoms in total. The minimum absolute atomic E-state index is 0.0853. The van der Waals surface area contributed by atoms with Crippen molar-refractivity contribution in [1.29, 1.82) is 0 Å². The molecule has 0 saturated carbocycles. The molecular formula is C32H40N2O2. The zero-order valence-corrected chi connectivity index (χ0v) is 22.0. The Balaban J connectivity index is 1.94. The van der Waals surface area contributed by atoms with E-state index >= 15 is 0 Å². The van der Waals surface area contributed by atoms with E-state index in [1.54, 1.807) is 12.2 Å². The lowest BCUT2D eigenvalue weighted by atomic mass is 10.00. The van der Waals surface area contributed by atoms with Crippen LogP contribution in [0.2, 0.25) is 0 Å². The van der Waals surface area contributed by atoms with Crippen LogP contribution in [0.1, 0.15) is 35.6 Å². The van der Waals surface area contributed by atoms with Crippen LogP contribution in [0.15, 0.2) is 103 Å². The monoisotopic (exact) mass is 484 g/mol. The summed E-state index contributed by atoms with van der Waals surface area (Å²) in [6.45, 7) is 14.3. The van der Waals surface area contributed by atoms with E-state index in [1.807, 2.05) is 69.4 Å². The van der Waals surface area contributed by atoms with Crippen LogP contribution in [0.5, 0.6) is 0 Å². The van der Waals surface area contributed by atoms with Crippen LogP contribution in [0, 0.1) is 6.92 Å². The molecule has 0 aliphatic heterocycles. The highest BCUT2D eigenvalue weighted by atomic mass is 16.3. The summed E-state index contributed by atoms with van der Waals surface area (Å²) < 4.78 is 0. The van der Waals surface area contributed by atoms with E-state index in [4.69, 9.17) is 0 Å². The van der Waals surface area contributed by atoms with Gasteiger partial charge < -0.3 is 10.4 Å². The minimum Gasteiger partial charge on any atom is -0.395 e. The first kappa shape index (κ1) is 28.8. The van der Waals surface area contributed by atoms with Gasteiger partial charge in [-0.15, -0.1) is 0 Å². The van der Waals surface area contributed by atoms with E-state index in [0.717, 1.165) is 53.0 Å². The van der Waals surface area contributed by atoms with E-state index in [2.05, 4.69) is 41.6 Å². The predicted octanol–water partition coefficient (Wildman–Crippen LogP) is 5.80. The molecule has 0 spiro atoms. The fourth-order valence-electron chi connectivity index (χ4n) is 3.96. The number of carbonyl (C=O) groups excluding carboxylic acids is 1. The fourth-order valence-corrected chi connectivity index (χ4v) is 3.96. The summed E-state index contributed by atoms with van der Waals surface area (Å²) >= 11 is 0. The Hall–Kier alpha value is -3.47. The molecule has 190 valence electrons. The maximum Gasteiger partial charge on any atom is 0.160 e. The van der Waals surface area contributed by atoms with Gasteiger partial charge in [0, 0.05) is 38.8 Å². The Morgan fingerprint density at radius 2 is 1.72 bits per heavy atom. The predicted molar refractivity (Wildman–Crippen MR) is 153 cm³/mol. The Kier molecular flexibility index (Phi) is 12.4. The Morgan fingerprint density at radius 3 is 2.31 bits per heavy atom. The lowest BCUT2D eigenvalue weighted by molar-refractivity contribution is -0.113. The van der Waals surface area contributed by atoms with Crippen molar-refractivity contribution < 1.29 is 9.90 Å². The van der Waals surface area contributed by atoms with Gasteiger partial charge >= 0.3 is 0 Å². The van der Waals surface area contributed by atoms with Gasteiger partial charge in [0.15, 0.2) is 5.78 Å². The molecule has 4 heteroatoms. The van der Waals surface area contributed by atoms with Gasteiger partial charge in [-0.05, 0) is 60.3 Å². The molecular weight excluding hydrogens is 444 g/mol. The van der Waals surface area contributed by atoms with E-state index in [-0.39, 0.29) is 12.4 Å². The number of benzene rings is 2. The van der Waals surface area contributed by atoms with Gasteiger partial charge in [-0.1, -0.05) is 85.5 Å². The number of ketones is 1. The number of aliphatic hydroxyl groups is 1. The number of rotatable bonds is 15.